The number of likely N-dealkylation sites (tertiary alicyclic amines) is 1. The van der Waals surface area contributed by atoms with E-state index in [4.69, 9.17) is 22.1 Å². The van der Waals surface area contributed by atoms with Crippen LogP contribution in [0.15, 0.2) is 18.2 Å². The van der Waals surface area contributed by atoms with Gasteiger partial charge < -0.3 is 20.3 Å². The summed E-state index contributed by atoms with van der Waals surface area (Å²) in [5.41, 5.74) is 6.64. The van der Waals surface area contributed by atoms with E-state index in [0.717, 1.165) is 24.4 Å². The zero-order valence-corrected chi connectivity index (χ0v) is 13.6. The van der Waals surface area contributed by atoms with Crippen LogP contribution in [0.3, 0.4) is 0 Å². The Morgan fingerprint density at radius 2 is 2.32 bits per heavy atom. The number of nitrogens with zero attached hydrogens (tertiary/aromatic N) is 2. The van der Waals surface area contributed by atoms with Crippen LogP contribution in [0.25, 0.3) is 0 Å². The number of fused-ring (bicyclic) bond motifs is 1. The van der Waals surface area contributed by atoms with Gasteiger partial charge in [-0.05, 0) is 44.0 Å². The number of hydrogen-bond donors (Lipinski definition) is 1. The summed E-state index contributed by atoms with van der Waals surface area (Å²) in [7, 11) is 0. The minimum absolute atomic E-state index is 0.149. The van der Waals surface area contributed by atoms with Crippen LogP contribution in [0.5, 0.6) is 5.75 Å². The lowest BCUT2D eigenvalue weighted by Crippen LogP contribution is -2.44. The number of anilines is 1. The summed E-state index contributed by atoms with van der Waals surface area (Å²) in [6, 6.07) is 5.79. The lowest BCUT2D eigenvalue weighted by atomic mass is 10.1. The number of carbonyl (C=O) groups is 1. The number of halogens is 1. The summed E-state index contributed by atoms with van der Waals surface area (Å²) < 4.78 is 5.63. The van der Waals surface area contributed by atoms with Gasteiger partial charge >= 0.3 is 0 Å². The third-order valence-electron chi connectivity index (χ3n) is 4.52. The van der Waals surface area contributed by atoms with E-state index < -0.39 is 0 Å². The Kier molecular flexibility index (Phi) is 4.45. The highest BCUT2D eigenvalue weighted by atomic mass is 35.5. The molecule has 2 atom stereocenters. The molecule has 5 nitrogen and oxygen atoms in total. The second-order valence-corrected chi connectivity index (χ2v) is 6.55. The molecule has 0 saturated carbocycles. The third kappa shape index (κ3) is 3.01. The highest BCUT2D eigenvalue weighted by molar-refractivity contribution is 6.31. The Balaban J connectivity index is 1.72. The minimum atomic E-state index is 0.149. The number of ether oxygens (including phenoxy) is 1. The molecule has 1 fully saturated rings. The van der Waals surface area contributed by atoms with E-state index in [1.165, 1.54) is 0 Å². The average Bonchev–Trinajstić information content (AvgIpc) is 2.89. The molecule has 6 heteroatoms. The van der Waals surface area contributed by atoms with Crippen LogP contribution < -0.4 is 15.4 Å². The molecule has 120 valence electrons. The van der Waals surface area contributed by atoms with Gasteiger partial charge in [0.1, 0.15) is 12.4 Å². The summed E-state index contributed by atoms with van der Waals surface area (Å²) in [6.07, 6.45) is 0.994. The molecule has 0 aromatic heterocycles. The molecule has 2 aliphatic rings. The fourth-order valence-electron chi connectivity index (χ4n) is 3.32. The van der Waals surface area contributed by atoms with Crippen molar-refractivity contribution >= 4 is 23.2 Å². The third-order valence-corrected chi connectivity index (χ3v) is 4.76. The van der Waals surface area contributed by atoms with Crippen LogP contribution in [0.1, 0.15) is 13.3 Å². The van der Waals surface area contributed by atoms with Crippen molar-refractivity contribution in [2.24, 2.45) is 11.7 Å². The average molecular weight is 324 g/mol. The lowest BCUT2D eigenvalue weighted by molar-refractivity contribution is -0.130. The van der Waals surface area contributed by atoms with Crippen molar-refractivity contribution in [3.8, 4) is 5.75 Å². The Hall–Kier alpha value is -1.46. The Morgan fingerprint density at radius 3 is 3.05 bits per heavy atom. The first-order chi connectivity index (χ1) is 10.6. The standard InChI is InChI=1S/C16H22ClN3O2/c1-11-6-12(8-18)9-20(11)16(21)10-19-4-5-22-15-3-2-13(17)7-14(15)19/h2-3,7,11-12H,4-6,8-10,18H2,1H3. The highest BCUT2D eigenvalue weighted by Crippen LogP contribution is 2.34. The first-order valence-corrected chi connectivity index (χ1v) is 8.13. The Bertz CT molecular complexity index is 566. The number of carbonyl (C=O) groups excluding carboxylic acids is 1. The predicted molar refractivity (Wildman–Crippen MR) is 87.5 cm³/mol. The topological polar surface area (TPSA) is 58.8 Å². The van der Waals surface area contributed by atoms with Crippen LogP contribution in [0.2, 0.25) is 5.02 Å². The fourth-order valence-corrected chi connectivity index (χ4v) is 3.49. The first-order valence-electron chi connectivity index (χ1n) is 7.75. The van der Waals surface area contributed by atoms with Crippen molar-refractivity contribution in [1.82, 2.24) is 4.90 Å². The molecule has 2 heterocycles. The van der Waals surface area contributed by atoms with Gasteiger partial charge in [-0.3, -0.25) is 4.79 Å². The van der Waals surface area contributed by atoms with E-state index >= 15 is 0 Å². The molecule has 1 amide bonds. The van der Waals surface area contributed by atoms with Gasteiger partial charge in [0.15, 0.2) is 0 Å². The van der Waals surface area contributed by atoms with Crippen molar-refractivity contribution in [2.45, 2.75) is 19.4 Å². The quantitative estimate of drug-likeness (QED) is 0.920. The van der Waals surface area contributed by atoms with Crippen LogP contribution in [-0.2, 0) is 4.79 Å². The maximum absolute atomic E-state index is 12.6. The van der Waals surface area contributed by atoms with Gasteiger partial charge in [0.05, 0.1) is 18.8 Å². The maximum atomic E-state index is 12.6. The number of hydrogen-bond acceptors (Lipinski definition) is 4. The summed E-state index contributed by atoms with van der Waals surface area (Å²) in [4.78, 5) is 16.7. The maximum Gasteiger partial charge on any atom is 0.242 e. The first kappa shape index (κ1) is 15.4. The smallest absolute Gasteiger partial charge is 0.242 e. The molecule has 0 radical (unpaired) electrons. The molecule has 2 aliphatic heterocycles. The van der Waals surface area contributed by atoms with Crippen molar-refractivity contribution in [1.29, 1.82) is 0 Å². The van der Waals surface area contributed by atoms with Gasteiger partial charge in [-0.2, -0.15) is 0 Å². The minimum Gasteiger partial charge on any atom is -0.490 e. The predicted octanol–water partition coefficient (Wildman–Crippen LogP) is 1.73. The molecule has 1 saturated heterocycles. The second-order valence-electron chi connectivity index (χ2n) is 6.11. The van der Waals surface area contributed by atoms with Gasteiger partial charge in [-0.1, -0.05) is 11.6 Å². The molecule has 2 N–H and O–H groups in total. The zero-order chi connectivity index (χ0) is 15.7. The van der Waals surface area contributed by atoms with Gasteiger partial charge in [0.2, 0.25) is 5.91 Å². The normalized spacial score (nSPS) is 24.1. The molecule has 3 rings (SSSR count). The van der Waals surface area contributed by atoms with Crippen LogP contribution in [0.4, 0.5) is 5.69 Å². The molecular formula is C16H22ClN3O2. The monoisotopic (exact) mass is 323 g/mol. The van der Waals surface area contributed by atoms with Crippen LogP contribution >= 0.6 is 11.6 Å². The summed E-state index contributed by atoms with van der Waals surface area (Å²) >= 11 is 6.08. The van der Waals surface area contributed by atoms with E-state index in [9.17, 15) is 4.79 Å². The number of amides is 1. The molecule has 0 bridgehead atoms. The summed E-state index contributed by atoms with van der Waals surface area (Å²) in [6.45, 7) is 5.15. The fraction of sp³-hybridized carbons (Fsp3) is 0.562. The molecule has 1 aromatic rings. The zero-order valence-electron chi connectivity index (χ0n) is 12.8. The SMILES string of the molecule is CC1CC(CN)CN1C(=O)CN1CCOc2ccc(Cl)cc21. The Labute approximate surface area is 136 Å². The number of rotatable bonds is 3. The lowest BCUT2D eigenvalue weighted by Gasteiger charge is -2.33. The van der Waals surface area contributed by atoms with E-state index in [1.807, 2.05) is 17.0 Å². The van der Waals surface area contributed by atoms with Gasteiger partial charge in [-0.15, -0.1) is 0 Å². The summed E-state index contributed by atoms with van der Waals surface area (Å²) in [5.74, 6) is 1.36. The van der Waals surface area contributed by atoms with Crippen LogP contribution in [0, 0.1) is 5.92 Å². The molecule has 2 unspecified atom stereocenters. The van der Waals surface area contributed by atoms with E-state index in [-0.39, 0.29) is 11.9 Å². The number of benzene rings is 1. The largest absolute Gasteiger partial charge is 0.490 e. The van der Waals surface area contributed by atoms with Crippen molar-refractivity contribution in [3.05, 3.63) is 23.2 Å². The van der Waals surface area contributed by atoms with E-state index in [1.54, 1.807) is 6.07 Å². The highest BCUT2D eigenvalue weighted by Gasteiger charge is 2.33. The molecule has 1 aromatic carbocycles. The van der Waals surface area contributed by atoms with Crippen LogP contribution in [-0.4, -0.2) is 49.6 Å². The van der Waals surface area contributed by atoms with Crippen molar-refractivity contribution in [3.63, 3.8) is 0 Å². The van der Waals surface area contributed by atoms with Crippen molar-refractivity contribution < 1.29 is 9.53 Å². The molecule has 0 aliphatic carbocycles. The van der Waals surface area contributed by atoms with Gasteiger partial charge in [0, 0.05) is 17.6 Å². The molecular weight excluding hydrogens is 302 g/mol. The Morgan fingerprint density at radius 1 is 1.50 bits per heavy atom. The van der Waals surface area contributed by atoms with E-state index in [2.05, 4.69) is 11.8 Å². The van der Waals surface area contributed by atoms with Gasteiger partial charge in [0.25, 0.3) is 0 Å². The van der Waals surface area contributed by atoms with Crippen molar-refractivity contribution in [2.75, 3.05) is 37.7 Å². The number of nitrogens with two attached hydrogens (primary N) is 1. The second kappa shape index (κ2) is 6.34. The molecule has 0 spiro atoms. The van der Waals surface area contributed by atoms with E-state index in [0.29, 0.717) is 37.2 Å². The summed E-state index contributed by atoms with van der Waals surface area (Å²) in [5, 5.41) is 0.652. The molecule has 22 heavy (non-hydrogen) atoms. The van der Waals surface area contributed by atoms with Gasteiger partial charge in [-0.25, -0.2) is 0 Å².